The highest BCUT2D eigenvalue weighted by molar-refractivity contribution is 7.16. The number of hydrogen-bond acceptors (Lipinski definition) is 4. The summed E-state index contributed by atoms with van der Waals surface area (Å²) in [7, 11) is 0. The summed E-state index contributed by atoms with van der Waals surface area (Å²) in [4.78, 5) is 28.5. The molecule has 1 aromatic carbocycles. The lowest BCUT2D eigenvalue weighted by atomic mass is 10.3. The summed E-state index contributed by atoms with van der Waals surface area (Å²) in [5.41, 5.74) is 0.901. The predicted molar refractivity (Wildman–Crippen MR) is 79.7 cm³/mol. The zero-order valence-electron chi connectivity index (χ0n) is 11.7. The van der Waals surface area contributed by atoms with Gasteiger partial charge in [0, 0.05) is 5.92 Å². The molecule has 1 fully saturated rings. The van der Waals surface area contributed by atoms with Crippen LogP contribution >= 0.6 is 11.3 Å². The Kier molecular flexibility index (Phi) is 3.88. The molecule has 110 valence electrons. The van der Waals surface area contributed by atoms with Crippen LogP contribution < -0.4 is 4.80 Å². The molecule has 1 saturated carbocycles. The van der Waals surface area contributed by atoms with E-state index in [1.807, 2.05) is 24.3 Å². The normalized spacial score (nSPS) is 15.4. The van der Waals surface area contributed by atoms with Gasteiger partial charge in [-0.3, -0.25) is 9.59 Å². The minimum atomic E-state index is -0.318. The van der Waals surface area contributed by atoms with E-state index in [4.69, 9.17) is 4.74 Å². The second-order valence-electron chi connectivity index (χ2n) is 4.97. The van der Waals surface area contributed by atoms with Gasteiger partial charge in [0.1, 0.15) is 6.54 Å². The number of para-hydroxylation sites is 1. The Morgan fingerprint density at radius 3 is 2.86 bits per heavy atom. The van der Waals surface area contributed by atoms with E-state index in [-0.39, 0.29) is 24.3 Å². The molecule has 0 radical (unpaired) electrons. The van der Waals surface area contributed by atoms with Crippen molar-refractivity contribution >= 4 is 33.4 Å². The molecule has 1 aromatic heterocycles. The van der Waals surface area contributed by atoms with E-state index in [0.29, 0.717) is 11.4 Å². The standard InChI is InChI=1S/C15H16N2O3S/c1-2-20-13(18)9-17-11-5-3-4-6-12(11)21-15(17)16-14(19)10-7-8-10/h3-6,10H,2,7-9H2,1H3. The molecule has 1 amide bonds. The van der Waals surface area contributed by atoms with Gasteiger partial charge in [-0.05, 0) is 31.9 Å². The van der Waals surface area contributed by atoms with Crippen LogP contribution in [0.2, 0.25) is 0 Å². The average molecular weight is 304 g/mol. The Morgan fingerprint density at radius 2 is 2.14 bits per heavy atom. The van der Waals surface area contributed by atoms with Crippen molar-refractivity contribution in [3.63, 3.8) is 0 Å². The maximum absolute atomic E-state index is 11.9. The maximum atomic E-state index is 11.9. The van der Waals surface area contributed by atoms with E-state index in [2.05, 4.69) is 4.99 Å². The van der Waals surface area contributed by atoms with E-state index < -0.39 is 0 Å². The SMILES string of the molecule is CCOC(=O)Cn1c(=NC(=O)C2CC2)sc2ccccc21. The molecular formula is C15H16N2O3S. The minimum Gasteiger partial charge on any atom is -0.465 e. The third-order valence-electron chi connectivity index (χ3n) is 3.31. The highest BCUT2D eigenvalue weighted by atomic mass is 32.1. The number of nitrogens with zero attached hydrogens (tertiary/aromatic N) is 2. The number of benzene rings is 1. The third-order valence-corrected chi connectivity index (χ3v) is 4.37. The lowest BCUT2D eigenvalue weighted by Gasteiger charge is -2.04. The first-order valence-electron chi connectivity index (χ1n) is 7.01. The van der Waals surface area contributed by atoms with Gasteiger partial charge in [-0.15, -0.1) is 0 Å². The number of carbonyl (C=O) groups excluding carboxylic acids is 2. The number of fused-ring (bicyclic) bond motifs is 1. The predicted octanol–water partition coefficient (Wildman–Crippen LogP) is 2.10. The molecule has 0 saturated heterocycles. The molecule has 0 bridgehead atoms. The van der Waals surface area contributed by atoms with Gasteiger partial charge < -0.3 is 9.30 Å². The van der Waals surface area contributed by atoms with Gasteiger partial charge >= 0.3 is 5.97 Å². The number of amides is 1. The van der Waals surface area contributed by atoms with Gasteiger partial charge in [-0.2, -0.15) is 4.99 Å². The first-order chi connectivity index (χ1) is 10.2. The smallest absolute Gasteiger partial charge is 0.326 e. The Bertz CT molecular complexity index is 756. The van der Waals surface area contributed by atoms with Crippen molar-refractivity contribution in [1.82, 2.24) is 4.57 Å². The molecule has 5 nitrogen and oxygen atoms in total. The first-order valence-corrected chi connectivity index (χ1v) is 7.83. The largest absolute Gasteiger partial charge is 0.465 e. The van der Waals surface area contributed by atoms with Gasteiger partial charge in [0.15, 0.2) is 4.80 Å². The van der Waals surface area contributed by atoms with E-state index in [1.165, 1.54) is 11.3 Å². The second kappa shape index (κ2) is 5.81. The van der Waals surface area contributed by atoms with Gasteiger partial charge in [0.05, 0.1) is 16.8 Å². The molecule has 21 heavy (non-hydrogen) atoms. The molecule has 2 aromatic rings. The average Bonchev–Trinajstić information content (AvgIpc) is 3.25. The van der Waals surface area contributed by atoms with Crippen LogP contribution in [0.4, 0.5) is 0 Å². The van der Waals surface area contributed by atoms with E-state index >= 15 is 0 Å². The first kappa shape index (κ1) is 14.0. The number of thiazole rings is 1. The van der Waals surface area contributed by atoms with Crippen molar-refractivity contribution in [2.75, 3.05) is 6.61 Å². The Balaban J connectivity index is 2.05. The molecule has 0 atom stereocenters. The fourth-order valence-electron chi connectivity index (χ4n) is 2.11. The molecule has 1 aliphatic carbocycles. The summed E-state index contributed by atoms with van der Waals surface area (Å²) in [6.07, 6.45) is 1.84. The lowest BCUT2D eigenvalue weighted by molar-refractivity contribution is -0.143. The lowest BCUT2D eigenvalue weighted by Crippen LogP contribution is -2.23. The van der Waals surface area contributed by atoms with Crippen molar-refractivity contribution in [3.05, 3.63) is 29.1 Å². The topological polar surface area (TPSA) is 60.7 Å². The molecule has 1 aliphatic rings. The van der Waals surface area contributed by atoms with Crippen molar-refractivity contribution in [3.8, 4) is 0 Å². The summed E-state index contributed by atoms with van der Waals surface area (Å²) >= 11 is 1.43. The Hall–Kier alpha value is -1.95. The zero-order chi connectivity index (χ0) is 14.8. The number of hydrogen-bond donors (Lipinski definition) is 0. The molecule has 0 unspecified atom stereocenters. The number of carbonyl (C=O) groups is 2. The highest BCUT2D eigenvalue weighted by Crippen LogP contribution is 2.30. The van der Waals surface area contributed by atoms with Crippen LogP contribution in [0.1, 0.15) is 19.8 Å². The second-order valence-corrected chi connectivity index (χ2v) is 5.98. The number of esters is 1. The fraction of sp³-hybridized carbons (Fsp3) is 0.400. The van der Waals surface area contributed by atoms with Crippen LogP contribution in [0, 0.1) is 5.92 Å². The Labute approximate surface area is 125 Å². The molecule has 0 N–H and O–H groups in total. The van der Waals surface area contributed by atoms with E-state index in [0.717, 1.165) is 23.1 Å². The molecule has 1 heterocycles. The maximum Gasteiger partial charge on any atom is 0.326 e. The molecule has 6 heteroatoms. The van der Waals surface area contributed by atoms with Gasteiger partial charge in [-0.1, -0.05) is 23.5 Å². The summed E-state index contributed by atoms with van der Waals surface area (Å²) in [5.74, 6) is -0.327. The number of aromatic nitrogens is 1. The highest BCUT2D eigenvalue weighted by Gasteiger charge is 2.29. The van der Waals surface area contributed by atoms with Crippen molar-refractivity contribution in [2.45, 2.75) is 26.3 Å². The fourth-order valence-corrected chi connectivity index (χ4v) is 3.15. The molecule has 3 rings (SSSR count). The van der Waals surface area contributed by atoms with Crippen LogP contribution in [0.15, 0.2) is 29.3 Å². The van der Waals surface area contributed by atoms with Gasteiger partial charge in [0.25, 0.3) is 5.91 Å². The quantitative estimate of drug-likeness (QED) is 0.813. The summed E-state index contributed by atoms with van der Waals surface area (Å²) < 4.78 is 7.77. The summed E-state index contributed by atoms with van der Waals surface area (Å²) in [5, 5.41) is 0. The molecule has 0 aliphatic heterocycles. The van der Waals surface area contributed by atoms with Crippen LogP contribution in [0.3, 0.4) is 0 Å². The van der Waals surface area contributed by atoms with Crippen LogP contribution in [-0.2, 0) is 20.9 Å². The van der Waals surface area contributed by atoms with E-state index in [1.54, 1.807) is 11.5 Å². The number of ether oxygens (including phenoxy) is 1. The Morgan fingerprint density at radius 1 is 1.38 bits per heavy atom. The summed E-state index contributed by atoms with van der Waals surface area (Å²) in [6, 6.07) is 7.72. The van der Waals surface area contributed by atoms with Crippen molar-refractivity contribution < 1.29 is 14.3 Å². The van der Waals surface area contributed by atoms with Gasteiger partial charge in [-0.25, -0.2) is 0 Å². The molecular weight excluding hydrogens is 288 g/mol. The van der Waals surface area contributed by atoms with Gasteiger partial charge in [0.2, 0.25) is 0 Å². The molecule has 0 spiro atoms. The third kappa shape index (κ3) is 3.05. The summed E-state index contributed by atoms with van der Waals surface area (Å²) in [6.45, 7) is 2.19. The zero-order valence-corrected chi connectivity index (χ0v) is 12.6. The van der Waals surface area contributed by atoms with E-state index in [9.17, 15) is 9.59 Å². The van der Waals surface area contributed by atoms with Crippen molar-refractivity contribution in [1.29, 1.82) is 0 Å². The van der Waals surface area contributed by atoms with Crippen LogP contribution in [0.25, 0.3) is 10.2 Å². The van der Waals surface area contributed by atoms with Crippen molar-refractivity contribution in [2.24, 2.45) is 10.9 Å². The monoisotopic (exact) mass is 304 g/mol. The van der Waals surface area contributed by atoms with Crippen LogP contribution in [0.5, 0.6) is 0 Å². The van der Waals surface area contributed by atoms with Crippen LogP contribution in [-0.4, -0.2) is 23.1 Å². The number of rotatable bonds is 4. The minimum absolute atomic E-state index is 0.0752.